The fourth-order valence-electron chi connectivity index (χ4n) is 1.66. The summed E-state index contributed by atoms with van der Waals surface area (Å²) in [4.78, 5) is 15.7. The molecule has 0 radical (unpaired) electrons. The molecule has 0 atom stereocenters. The molecule has 0 amide bonds. The van der Waals surface area contributed by atoms with Crippen molar-refractivity contribution >= 4 is 40.5 Å². The van der Waals surface area contributed by atoms with Crippen molar-refractivity contribution in [2.24, 2.45) is 4.99 Å². The van der Waals surface area contributed by atoms with Crippen molar-refractivity contribution in [2.45, 2.75) is 46.5 Å². The molecule has 0 aromatic carbocycles. The number of hydrogen-bond donors (Lipinski definition) is 1. The standard InChI is InChI=1S/C17H28N2O2S2/c1-5-19-16(15(4)12-18-13-22)23-11-9-7-6-8-10-21-17(20)14(2)3/h12-13H,2,5-11H2,1,3-4H3,(H,18,22)/b15-12-,19-16+. The van der Waals surface area contributed by atoms with Gasteiger partial charge < -0.3 is 10.1 Å². The SMILES string of the molecule is C=C(C)C(=O)OCCCCCCSC(=N/CC)/C(C)=C\NC=S. The zero-order valence-corrected chi connectivity index (χ0v) is 16.0. The summed E-state index contributed by atoms with van der Waals surface area (Å²) < 4.78 is 5.06. The lowest BCUT2D eigenvalue weighted by Gasteiger charge is -2.07. The summed E-state index contributed by atoms with van der Waals surface area (Å²) in [7, 11) is 0. The predicted molar refractivity (Wildman–Crippen MR) is 105 cm³/mol. The molecule has 0 unspecified atom stereocenters. The van der Waals surface area contributed by atoms with E-state index < -0.39 is 0 Å². The molecular formula is C17H28N2O2S2. The molecule has 1 N–H and O–H groups in total. The van der Waals surface area contributed by atoms with Crippen LogP contribution < -0.4 is 5.32 Å². The van der Waals surface area contributed by atoms with E-state index in [-0.39, 0.29) is 5.97 Å². The number of thiocarbonyl (C=S) groups is 1. The summed E-state index contributed by atoms with van der Waals surface area (Å²) in [6.45, 7) is 10.5. The molecule has 4 nitrogen and oxygen atoms in total. The van der Waals surface area contributed by atoms with Crippen LogP contribution in [-0.4, -0.2) is 35.4 Å². The Bertz CT molecular complexity index is 446. The summed E-state index contributed by atoms with van der Waals surface area (Å²) in [5.41, 5.74) is 3.04. The van der Waals surface area contributed by atoms with Crippen molar-refractivity contribution in [3.8, 4) is 0 Å². The van der Waals surface area contributed by atoms with Crippen molar-refractivity contribution in [1.29, 1.82) is 0 Å². The molecule has 0 fully saturated rings. The van der Waals surface area contributed by atoms with Gasteiger partial charge in [0.25, 0.3) is 0 Å². The van der Waals surface area contributed by atoms with Gasteiger partial charge in [0.1, 0.15) is 0 Å². The zero-order valence-electron chi connectivity index (χ0n) is 14.4. The van der Waals surface area contributed by atoms with Gasteiger partial charge in [-0.05, 0) is 44.9 Å². The van der Waals surface area contributed by atoms with E-state index in [1.165, 1.54) is 5.49 Å². The quantitative estimate of drug-likeness (QED) is 0.141. The second kappa shape index (κ2) is 14.5. The van der Waals surface area contributed by atoms with Gasteiger partial charge in [0, 0.05) is 18.3 Å². The molecule has 0 saturated carbocycles. The molecule has 0 aliphatic heterocycles. The maximum absolute atomic E-state index is 11.2. The molecule has 0 aliphatic rings. The summed E-state index contributed by atoms with van der Waals surface area (Å²) in [5.74, 6) is 0.737. The van der Waals surface area contributed by atoms with E-state index in [1.54, 1.807) is 18.7 Å². The Hall–Kier alpha value is -1.14. The van der Waals surface area contributed by atoms with Crippen molar-refractivity contribution in [1.82, 2.24) is 5.32 Å². The molecule has 0 rings (SSSR count). The predicted octanol–water partition coefficient (Wildman–Crippen LogP) is 4.27. The average molecular weight is 357 g/mol. The summed E-state index contributed by atoms with van der Waals surface area (Å²) in [6.07, 6.45) is 6.08. The highest BCUT2D eigenvalue weighted by atomic mass is 32.2. The minimum absolute atomic E-state index is 0.298. The first kappa shape index (κ1) is 21.9. The number of unbranched alkanes of at least 4 members (excludes halogenated alkanes) is 3. The lowest BCUT2D eigenvalue weighted by molar-refractivity contribution is -0.139. The fourth-order valence-corrected chi connectivity index (χ4v) is 2.78. The summed E-state index contributed by atoms with van der Waals surface area (Å²) >= 11 is 6.52. The third kappa shape index (κ3) is 12.0. The average Bonchev–Trinajstić information content (AvgIpc) is 2.53. The smallest absolute Gasteiger partial charge is 0.333 e. The Labute approximate surface area is 149 Å². The Balaban J connectivity index is 3.83. The van der Waals surface area contributed by atoms with E-state index >= 15 is 0 Å². The van der Waals surface area contributed by atoms with Crippen LogP contribution in [0.2, 0.25) is 0 Å². The van der Waals surface area contributed by atoms with Gasteiger partial charge in [0.05, 0.1) is 17.1 Å². The van der Waals surface area contributed by atoms with Crippen LogP contribution in [0.3, 0.4) is 0 Å². The van der Waals surface area contributed by atoms with Crippen LogP contribution in [0.5, 0.6) is 0 Å². The Kier molecular flexibility index (Phi) is 13.7. The second-order valence-corrected chi connectivity index (χ2v) is 6.39. The molecular weight excluding hydrogens is 328 g/mol. The van der Waals surface area contributed by atoms with Gasteiger partial charge in [0.15, 0.2) is 0 Å². The highest BCUT2D eigenvalue weighted by Crippen LogP contribution is 2.15. The van der Waals surface area contributed by atoms with Crippen molar-refractivity contribution in [3.63, 3.8) is 0 Å². The molecule has 130 valence electrons. The number of carbonyl (C=O) groups excluding carboxylic acids is 1. The third-order valence-corrected chi connectivity index (χ3v) is 4.22. The van der Waals surface area contributed by atoms with E-state index in [4.69, 9.17) is 17.0 Å². The van der Waals surface area contributed by atoms with Crippen LogP contribution in [0, 0.1) is 0 Å². The lowest BCUT2D eigenvalue weighted by Crippen LogP contribution is -2.06. The van der Waals surface area contributed by atoms with Gasteiger partial charge in [-0.25, -0.2) is 4.79 Å². The van der Waals surface area contributed by atoms with Crippen LogP contribution in [0.25, 0.3) is 0 Å². The highest BCUT2D eigenvalue weighted by molar-refractivity contribution is 8.14. The van der Waals surface area contributed by atoms with Gasteiger partial charge in [-0.3, -0.25) is 4.99 Å². The minimum atomic E-state index is -0.298. The van der Waals surface area contributed by atoms with Crippen LogP contribution in [-0.2, 0) is 9.53 Å². The van der Waals surface area contributed by atoms with E-state index in [0.29, 0.717) is 12.2 Å². The second-order valence-electron chi connectivity index (χ2n) is 5.07. The number of aliphatic imine (C=N–C) groups is 1. The van der Waals surface area contributed by atoms with Crippen molar-refractivity contribution in [3.05, 3.63) is 23.9 Å². The van der Waals surface area contributed by atoms with E-state index in [9.17, 15) is 4.79 Å². The zero-order chi connectivity index (χ0) is 17.5. The molecule has 0 aliphatic carbocycles. The van der Waals surface area contributed by atoms with E-state index in [2.05, 4.69) is 16.9 Å². The number of hydrogen-bond acceptors (Lipinski definition) is 5. The van der Waals surface area contributed by atoms with Crippen LogP contribution in [0.1, 0.15) is 46.5 Å². The Morgan fingerprint density at radius 3 is 2.61 bits per heavy atom. The number of ether oxygens (including phenoxy) is 1. The number of esters is 1. The maximum atomic E-state index is 11.2. The fraction of sp³-hybridized carbons (Fsp3) is 0.588. The monoisotopic (exact) mass is 356 g/mol. The van der Waals surface area contributed by atoms with Crippen LogP contribution in [0.4, 0.5) is 0 Å². The van der Waals surface area contributed by atoms with Gasteiger partial charge in [-0.15, -0.1) is 11.8 Å². The largest absolute Gasteiger partial charge is 0.462 e. The number of rotatable bonds is 12. The summed E-state index contributed by atoms with van der Waals surface area (Å²) in [6, 6.07) is 0. The lowest BCUT2D eigenvalue weighted by atomic mass is 10.2. The molecule has 23 heavy (non-hydrogen) atoms. The molecule has 0 aromatic rings. The highest BCUT2D eigenvalue weighted by Gasteiger charge is 2.04. The molecule has 6 heteroatoms. The number of carbonyl (C=O) groups is 1. The molecule has 0 aromatic heterocycles. The van der Waals surface area contributed by atoms with Crippen LogP contribution >= 0.6 is 24.0 Å². The van der Waals surface area contributed by atoms with E-state index in [1.807, 2.05) is 20.0 Å². The van der Waals surface area contributed by atoms with Crippen LogP contribution in [0.15, 0.2) is 28.9 Å². The number of nitrogens with zero attached hydrogens (tertiary/aromatic N) is 1. The van der Waals surface area contributed by atoms with Gasteiger partial charge >= 0.3 is 5.97 Å². The topological polar surface area (TPSA) is 50.7 Å². The third-order valence-electron chi connectivity index (χ3n) is 2.87. The van der Waals surface area contributed by atoms with Gasteiger partial charge in [0.2, 0.25) is 0 Å². The first-order valence-electron chi connectivity index (χ1n) is 7.89. The number of nitrogens with one attached hydrogen (secondary N) is 1. The van der Waals surface area contributed by atoms with Gasteiger partial charge in [-0.1, -0.05) is 31.6 Å². The Morgan fingerprint density at radius 2 is 2.00 bits per heavy atom. The van der Waals surface area contributed by atoms with Crippen molar-refractivity contribution in [2.75, 3.05) is 18.9 Å². The minimum Gasteiger partial charge on any atom is -0.462 e. The molecule has 0 spiro atoms. The first-order valence-corrected chi connectivity index (χ1v) is 9.35. The molecule has 0 heterocycles. The summed E-state index contributed by atoms with van der Waals surface area (Å²) in [5, 5.41) is 3.98. The number of thioether (sulfide) groups is 1. The van der Waals surface area contributed by atoms with Gasteiger partial charge in [-0.2, -0.15) is 0 Å². The normalized spacial score (nSPS) is 12.0. The maximum Gasteiger partial charge on any atom is 0.333 e. The van der Waals surface area contributed by atoms with E-state index in [0.717, 1.165) is 48.6 Å². The Morgan fingerprint density at radius 1 is 1.30 bits per heavy atom. The molecule has 0 bridgehead atoms. The first-order chi connectivity index (χ1) is 11.0. The van der Waals surface area contributed by atoms with Crippen molar-refractivity contribution < 1.29 is 9.53 Å². The molecule has 0 saturated heterocycles.